The van der Waals surface area contributed by atoms with E-state index in [-0.39, 0.29) is 28.7 Å². The predicted molar refractivity (Wildman–Crippen MR) is 132 cm³/mol. The van der Waals surface area contributed by atoms with E-state index in [0.717, 1.165) is 47.3 Å². The first-order chi connectivity index (χ1) is 17.2. The number of rotatable bonds is 7. The van der Waals surface area contributed by atoms with Crippen molar-refractivity contribution in [2.45, 2.75) is 63.3 Å². The van der Waals surface area contributed by atoms with Crippen LogP contribution in [0, 0.1) is 0 Å². The molecule has 0 amide bonds. The van der Waals surface area contributed by atoms with Crippen LogP contribution in [-0.4, -0.2) is 57.4 Å². The van der Waals surface area contributed by atoms with E-state index in [1.54, 1.807) is 0 Å². The highest BCUT2D eigenvalue weighted by Gasteiger charge is 2.40. The van der Waals surface area contributed by atoms with E-state index >= 15 is 0 Å². The first-order valence-electron chi connectivity index (χ1n) is 12.2. The minimum atomic E-state index is -4.77. The lowest BCUT2D eigenvalue weighted by atomic mass is 10.0. The van der Waals surface area contributed by atoms with Gasteiger partial charge in [0.2, 0.25) is 5.82 Å². The number of aryl methyl sites for hydroxylation is 1. The maximum absolute atomic E-state index is 13.9. The van der Waals surface area contributed by atoms with Crippen LogP contribution in [0.3, 0.4) is 0 Å². The Morgan fingerprint density at radius 3 is 2.56 bits per heavy atom. The second kappa shape index (κ2) is 9.93. The zero-order valence-electron chi connectivity index (χ0n) is 20.0. The molecule has 2 atom stereocenters. The van der Waals surface area contributed by atoms with Crippen molar-refractivity contribution >= 4 is 32.6 Å². The molecule has 4 heterocycles. The van der Waals surface area contributed by atoms with Crippen LogP contribution in [0.1, 0.15) is 43.5 Å². The number of likely N-dealkylation sites (N-methyl/N-ethyl adjacent to an activating group) is 1. The highest BCUT2D eigenvalue weighted by atomic mass is 32.1. The summed E-state index contributed by atoms with van der Waals surface area (Å²) in [6, 6.07) is 9.19. The second-order valence-electron chi connectivity index (χ2n) is 9.58. The highest BCUT2D eigenvalue weighted by Crippen LogP contribution is 2.35. The molecule has 0 aliphatic carbocycles. The molecule has 5 rings (SSSR count). The fraction of sp³-hybridized carbons (Fsp3) is 0.520. The summed E-state index contributed by atoms with van der Waals surface area (Å²) in [5.74, 6) is -1.12. The van der Waals surface area contributed by atoms with E-state index < -0.39 is 23.6 Å². The molecule has 0 N–H and O–H groups in total. The molecule has 1 aromatic carbocycles. The number of Topliss-reactive ketones (excluding diaryl/α,β-unsaturated/α-hetero) is 1. The van der Waals surface area contributed by atoms with Crippen molar-refractivity contribution in [3.63, 3.8) is 0 Å². The molecule has 2 aromatic heterocycles. The Balaban J connectivity index is 1.44. The number of hydrogen-bond donors (Lipinski definition) is 0. The smallest absolute Gasteiger partial charge is 0.338 e. The molecule has 2 saturated heterocycles. The van der Waals surface area contributed by atoms with E-state index in [9.17, 15) is 22.8 Å². The Kier molecular flexibility index (Phi) is 6.86. The molecule has 36 heavy (non-hydrogen) atoms. The zero-order chi connectivity index (χ0) is 25.4. The van der Waals surface area contributed by atoms with Crippen LogP contribution in [0.15, 0.2) is 35.1 Å². The third kappa shape index (κ3) is 4.90. The predicted octanol–water partition coefficient (Wildman–Crippen LogP) is 4.14. The van der Waals surface area contributed by atoms with Crippen molar-refractivity contribution in [3.05, 3.63) is 52.1 Å². The van der Waals surface area contributed by atoms with Gasteiger partial charge >= 0.3 is 6.18 Å². The van der Waals surface area contributed by atoms with Gasteiger partial charge in [0.1, 0.15) is 0 Å². The normalized spacial score (nSPS) is 21.1. The Labute approximate surface area is 210 Å². The number of likely N-dealkylation sites (tertiary alicyclic amines) is 1. The molecular formula is C25H28F3N5O2S. The number of nitrogens with zero attached hydrogens (tertiary/aromatic N) is 5. The minimum absolute atomic E-state index is 0.0410. The molecule has 7 nitrogen and oxygen atoms in total. The van der Waals surface area contributed by atoms with Crippen LogP contribution in [0.2, 0.25) is 0 Å². The van der Waals surface area contributed by atoms with Gasteiger partial charge in [-0.2, -0.15) is 13.2 Å². The third-order valence-electron chi connectivity index (χ3n) is 7.20. The van der Waals surface area contributed by atoms with Gasteiger partial charge in [-0.25, -0.2) is 9.97 Å². The topological polar surface area (TPSA) is 71.3 Å². The maximum atomic E-state index is 13.9. The van der Waals surface area contributed by atoms with Gasteiger partial charge < -0.3 is 9.80 Å². The van der Waals surface area contributed by atoms with Gasteiger partial charge in [0.15, 0.2) is 21.3 Å². The van der Waals surface area contributed by atoms with Gasteiger partial charge in [-0.1, -0.05) is 41.7 Å². The summed E-state index contributed by atoms with van der Waals surface area (Å²) in [4.78, 5) is 38.4. The number of alkyl halides is 3. The Morgan fingerprint density at radius 1 is 1.11 bits per heavy atom. The number of thiazole rings is 1. The Morgan fingerprint density at radius 2 is 1.86 bits per heavy atom. The molecule has 0 spiro atoms. The number of halogens is 3. The Hall–Kier alpha value is -2.79. The van der Waals surface area contributed by atoms with E-state index in [1.807, 2.05) is 47.2 Å². The molecule has 3 aromatic rings. The summed E-state index contributed by atoms with van der Waals surface area (Å²) < 4.78 is 42.5. The molecule has 2 aliphatic rings. The lowest BCUT2D eigenvalue weighted by molar-refractivity contribution is -0.148. The van der Waals surface area contributed by atoms with Crippen LogP contribution < -0.4 is 10.5 Å². The largest absolute Gasteiger partial charge is 0.449 e. The minimum Gasteiger partial charge on any atom is -0.338 e. The van der Waals surface area contributed by atoms with E-state index in [1.165, 1.54) is 0 Å². The van der Waals surface area contributed by atoms with Gasteiger partial charge in [0.05, 0.1) is 6.04 Å². The average molecular weight is 520 g/mol. The maximum Gasteiger partial charge on any atom is 0.449 e. The number of fused-ring (bicyclic) bond motifs is 1. The summed E-state index contributed by atoms with van der Waals surface area (Å²) in [5.41, 5.74) is 0.236. The van der Waals surface area contributed by atoms with Crippen molar-refractivity contribution in [1.29, 1.82) is 0 Å². The average Bonchev–Trinajstić information content (AvgIpc) is 3.59. The first kappa shape index (κ1) is 24.9. The summed E-state index contributed by atoms with van der Waals surface area (Å²) in [6.07, 6.45) is -0.739. The lowest BCUT2D eigenvalue weighted by Crippen LogP contribution is -2.38. The van der Waals surface area contributed by atoms with E-state index in [0.29, 0.717) is 30.9 Å². The summed E-state index contributed by atoms with van der Waals surface area (Å²) >= 11 is 0.954. The number of benzene rings is 1. The van der Waals surface area contributed by atoms with Crippen molar-refractivity contribution in [2.24, 2.45) is 0 Å². The summed E-state index contributed by atoms with van der Waals surface area (Å²) in [5, 5.41) is 0.383. The van der Waals surface area contributed by atoms with E-state index in [2.05, 4.69) is 9.97 Å². The number of ketones is 1. The monoisotopic (exact) mass is 519 g/mol. The fourth-order valence-corrected chi connectivity index (χ4v) is 6.24. The number of carbonyl (C=O) groups is 1. The molecule has 11 heteroatoms. The fourth-order valence-electron chi connectivity index (χ4n) is 5.24. The number of anilines is 1. The van der Waals surface area contributed by atoms with Crippen LogP contribution >= 0.6 is 11.3 Å². The molecule has 0 unspecified atom stereocenters. The van der Waals surface area contributed by atoms with Crippen molar-refractivity contribution in [1.82, 2.24) is 19.4 Å². The second-order valence-corrected chi connectivity index (χ2v) is 10.5. The van der Waals surface area contributed by atoms with Crippen LogP contribution in [0.25, 0.3) is 10.3 Å². The lowest BCUT2D eigenvalue weighted by Gasteiger charge is -2.22. The highest BCUT2D eigenvalue weighted by molar-refractivity contribution is 7.21. The molecule has 0 radical (unpaired) electrons. The molecule has 2 fully saturated rings. The van der Waals surface area contributed by atoms with Crippen LogP contribution in [0.5, 0.6) is 0 Å². The first-order valence-corrected chi connectivity index (χ1v) is 13.1. The van der Waals surface area contributed by atoms with Gasteiger partial charge in [-0.3, -0.25) is 14.2 Å². The quantitative estimate of drug-likeness (QED) is 0.468. The van der Waals surface area contributed by atoms with Gasteiger partial charge in [-0.15, -0.1) is 0 Å². The van der Waals surface area contributed by atoms with Crippen molar-refractivity contribution in [3.8, 4) is 0 Å². The van der Waals surface area contributed by atoms with Crippen LogP contribution in [0.4, 0.5) is 18.3 Å². The molecule has 192 valence electrons. The molecule has 0 bridgehead atoms. The van der Waals surface area contributed by atoms with Gasteiger partial charge in [0, 0.05) is 25.6 Å². The summed E-state index contributed by atoms with van der Waals surface area (Å²) in [6.45, 7) is 1.27. The molecule has 0 saturated carbocycles. The number of aromatic nitrogens is 3. The SMILES string of the molecule is CN1CCC[C@@H]1Cn1c(C(F)(F)F)nc2sc(N3CCC[C@@H]3C(=O)CCc3ccccc3)nc2c1=O. The summed E-state index contributed by atoms with van der Waals surface area (Å²) in [7, 11) is 1.85. The molecular weight excluding hydrogens is 491 g/mol. The van der Waals surface area contributed by atoms with Gasteiger partial charge in [0.25, 0.3) is 5.56 Å². The van der Waals surface area contributed by atoms with Crippen LogP contribution in [-0.2, 0) is 23.9 Å². The van der Waals surface area contributed by atoms with E-state index in [4.69, 9.17) is 0 Å². The zero-order valence-corrected chi connectivity index (χ0v) is 20.8. The number of carbonyl (C=O) groups excluding carboxylic acids is 1. The van der Waals surface area contributed by atoms with Gasteiger partial charge in [-0.05, 0) is 51.3 Å². The van der Waals surface area contributed by atoms with Crippen molar-refractivity contribution < 1.29 is 18.0 Å². The standard InChI is InChI=1S/C25H28F3N5O2S/c1-31-13-5-9-17(31)15-33-22(35)20-21(30-23(33)25(26,27)28)36-24(29-20)32-14-6-10-18(32)19(34)12-11-16-7-3-2-4-8-16/h2-4,7-8,17-18H,5-6,9-15H2,1H3/t17-,18-/m1/s1. The van der Waals surface area contributed by atoms with Crippen molar-refractivity contribution in [2.75, 3.05) is 25.0 Å². The third-order valence-corrected chi connectivity index (χ3v) is 8.19. The Bertz CT molecular complexity index is 1310. The molecule has 2 aliphatic heterocycles. The number of hydrogen-bond acceptors (Lipinski definition) is 7.